The van der Waals surface area contributed by atoms with Crippen LogP contribution in [-0.2, 0) is 0 Å². The minimum Gasteiger partial charge on any atom is -0.459 e. The minimum absolute atomic E-state index is 0.442. The molecule has 0 aliphatic rings. The van der Waals surface area contributed by atoms with E-state index < -0.39 is 0 Å². The fourth-order valence-corrected chi connectivity index (χ4v) is 1.19. The van der Waals surface area contributed by atoms with Gasteiger partial charge in [-0.05, 0) is 12.1 Å². The molecule has 0 saturated heterocycles. The molecule has 0 N–H and O–H groups in total. The smallest absolute Gasteiger partial charge is 0.152 e. The summed E-state index contributed by atoms with van der Waals surface area (Å²) in [5, 5.41) is 1.13. The molecule has 12 heavy (non-hydrogen) atoms. The molecule has 0 spiro atoms. The fourth-order valence-electron chi connectivity index (χ4n) is 1.19. The van der Waals surface area contributed by atoms with E-state index in [1.807, 2.05) is 6.07 Å². The van der Waals surface area contributed by atoms with E-state index in [9.17, 15) is 0 Å². The summed E-state index contributed by atoms with van der Waals surface area (Å²) in [6, 6.07) is 4.03. The highest BCUT2D eigenvalue weighted by molar-refractivity contribution is 5.76. The summed E-state index contributed by atoms with van der Waals surface area (Å²) in [7, 11) is 0. The third-order valence-electron chi connectivity index (χ3n) is 1.91. The largest absolute Gasteiger partial charge is 0.459 e. The monoisotopic (exact) mass is 161 g/mol. The van der Waals surface area contributed by atoms with Crippen molar-refractivity contribution in [3.05, 3.63) is 30.3 Å². The van der Waals surface area contributed by atoms with Crippen molar-refractivity contribution in [2.75, 3.05) is 0 Å². The van der Waals surface area contributed by atoms with Gasteiger partial charge >= 0.3 is 0 Å². The van der Waals surface area contributed by atoms with E-state index in [0.29, 0.717) is 5.92 Å². The lowest BCUT2D eigenvalue weighted by Crippen LogP contribution is -1.79. The zero-order chi connectivity index (χ0) is 8.55. The van der Waals surface area contributed by atoms with E-state index >= 15 is 0 Å². The standard InChI is InChI=1S/C10H11NO/c1-7(2)9-5-8-3-4-11-6-10(8)12-9/h3-7H,1-2H3. The van der Waals surface area contributed by atoms with Crippen LogP contribution in [0.3, 0.4) is 0 Å². The van der Waals surface area contributed by atoms with Gasteiger partial charge < -0.3 is 4.42 Å². The normalized spacial score (nSPS) is 11.2. The number of rotatable bonds is 1. The van der Waals surface area contributed by atoms with Crippen LogP contribution in [0.5, 0.6) is 0 Å². The molecular weight excluding hydrogens is 150 g/mol. The number of hydrogen-bond donors (Lipinski definition) is 0. The summed E-state index contributed by atoms with van der Waals surface area (Å²) < 4.78 is 5.57. The van der Waals surface area contributed by atoms with E-state index in [1.54, 1.807) is 12.4 Å². The Bertz CT molecular complexity index is 356. The molecule has 2 aromatic rings. The summed E-state index contributed by atoms with van der Waals surface area (Å²) >= 11 is 0. The maximum Gasteiger partial charge on any atom is 0.152 e. The van der Waals surface area contributed by atoms with Crippen LogP contribution in [0.1, 0.15) is 25.5 Å². The Morgan fingerprint density at radius 2 is 2.25 bits per heavy atom. The van der Waals surface area contributed by atoms with Crippen molar-refractivity contribution in [3.63, 3.8) is 0 Å². The molecule has 2 heterocycles. The second-order valence-corrected chi connectivity index (χ2v) is 3.22. The molecule has 0 aliphatic heterocycles. The number of pyridine rings is 1. The zero-order valence-corrected chi connectivity index (χ0v) is 7.24. The molecular formula is C10H11NO. The molecule has 2 aromatic heterocycles. The van der Waals surface area contributed by atoms with Crippen LogP contribution in [0.25, 0.3) is 11.0 Å². The van der Waals surface area contributed by atoms with E-state index in [0.717, 1.165) is 16.7 Å². The molecule has 0 aromatic carbocycles. The molecule has 2 nitrogen and oxygen atoms in total. The summed E-state index contributed by atoms with van der Waals surface area (Å²) in [4.78, 5) is 3.99. The van der Waals surface area contributed by atoms with E-state index in [4.69, 9.17) is 4.42 Å². The van der Waals surface area contributed by atoms with Crippen LogP contribution in [0.15, 0.2) is 28.9 Å². The molecule has 2 heteroatoms. The SMILES string of the molecule is CC(C)c1cc2ccncc2o1. The Labute approximate surface area is 71.2 Å². The van der Waals surface area contributed by atoms with Gasteiger partial charge in [-0.1, -0.05) is 13.8 Å². The number of fused-ring (bicyclic) bond motifs is 1. The Morgan fingerprint density at radius 3 is 2.92 bits per heavy atom. The first-order valence-electron chi connectivity index (χ1n) is 4.11. The summed E-state index contributed by atoms with van der Waals surface area (Å²) in [6.45, 7) is 4.23. The summed E-state index contributed by atoms with van der Waals surface area (Å²) in [6.07, 6.45) is 3.53. The van der Waals surface area contributed by atoms with Crippen molar-refractivity contribution >= 4 is 11.0 Å². The van der Waals surface area contributed by atoms with Gasteiger partial charge in [0.2, 0.25) is 0 Å². The third kappa shape index (κ3) is 1.09. The zero-order valence-electron chi connectivity index (χ0n) is 7.24. The third-order valence-corrected chi connectivity index (χ3v) is 1.91. The number of nitrogens with zero attached hydrogens (tertiary/aromatic N) is 1. The Balaban J connectivity index is 2.62. The van der Waals surface area contributed by atoms with Crippen molar-refractivity contribution < 1.29 is 4.42 Å². The molecule has 2 rings (SSSR count). The predicted octanol–water partition coefficient (Wildman–Crippen LogP) is 2.95. The van der Waals surface area contributed by atoms with Crippen molar-refractivity contribution in [3.8, 4) is 0 Å². The van der Waals surface area contributed by atoms with Crippen molar-refractivity contribution in [2.45, 2.75) is 19.8 Å². The van der Waals surface area contributed by atoms with Gasteiger partial charge in [-0.3, -0.25) is 4.98 Å². The molecule has 0 atom stereocenters. The minimum atomic E-state index is 0.442. The van der Waals surface area contributed by atoms with Crippen LogP contribution in [0, 0.1) is 0 Å². The van der Waals surface area contributed by atoms with Crippen LogP contribution in [-0.4, -0.2) is 4.98 Å². The van der Waals surface area contributed by atoms with Crippen LogP contribution >= 0.6 is 0 Å². The van der Waals surface area contributed by atoms with E-state index in [2.05, 4.69) is 24.9 Å². The average molecular weight is 161 g/mol. The van der Waals surface area contributed by atoms with Crippen molar-refractivity contribution in [2.24, 2.45) is 0 Å². The maximum absolute atomic E-state index is 5.57. The molecule has 0 fully saturated rings. The Morgan fingerprint density at radius 1 is 1.42 bits per heavy atom. The lowest BCUT2D eigenvalue weighted by atomic mass is 10.1. The molecule has 0 aliphatic carbocycles. The predicted molar refractivity (Wildman–Crippen MR) is 48.1 cm³/mol. The second-order valence-electron chi connectivity index (χ2n) is 3.22. The highest BCUT2D eigenvalue weighted by atomic mass is 16.3. The van der Waals surface area contributed by atoms with E-state index in [-0.39, 0.29) is 0 Å². The first-order chi connectivity index (χ1) is 5.77. The lowest BCUT2D eigenvalue weighted by molar-refractivity contribution is 0.521. The molecule has 0 amide bonds. The van der Waals surface area contributed by atoms with Gasteiger partial charge in [0.1, 0.15) is 5.76 Å². The quantitative estimate of drug-likeness (QED) is 0.642. The summed E-state index contributed by atoms with van der Waals surface area (Å²) in [5.41, 5.74) is 0.876. The van der Waals surface area contributed by atoms with Gasteiger partial charge in [0.05, 0.1) is 6.20 Å². The molecule has 0 bridgehead atoms. The van der Waals surface area contributed by atoms with Gasteiger partial charge in [0.15, 0.2) is 5.58 Å². The van der Waals surface area contributed by atoms with Gasteiger partial charge in [0, 0.05) is 17.5 Å². The van der Waals surface area contributed by atoms with Gasteiger partial charge in [0.25, 0.3) is 0 Å². The van der Waals surface area contributed by atoms with Gasteiger partial charge in [-0.2, -0.15) is 0 Å². The van der Waals surface area contributed by atoms with Gasteiger partial charge in [-0.25, -0.2) is 0 Å². The summed E-state index contributed by atoms with van der Waals surface area (Å²) in [5.74, 6) is 1.47. The number of aromatic nitrogens is 1. The topological polar surface area (TPSA) is 26.0 Å². The highest BCUT2D eigenvalue weighted by Crippen LogP contribution is 2.23. The van der Waals surface area contributed by atoms with E-state index in [1.165, 1.54) is 0 Å². The van der Waals surface area contributed by atoms with Crippen LogP contribution < -0.4 is 0 Å². The first-order valence-corrected chi connectivity index (χ1v) is 4.11. The number of hydrogen-bond acceptors (Lipinski definition) is 2. The lowest BCUT2D eigenvalue weighted by Gasteiger charge is -1.95. The van der Waals surface area contributed by atoms with Crippen molar-refractivity contribution in [1.29, 1.82) is 0 Å². The second kappa shape index (κ2) is 2.63. The van der Waals surface area contributed by atoms with Gasteiger partial charge in [-0.15, -0.1) is 0 Å². The van der Waals surface area contributed by atoms with Crippen LogP contribution in [0.2, 0.25) is 0 Å². The molecule has 62 valence electrons. The molecule has 0 radical (unpaired) electrons. The average Bonchev–Trinajstić information content (AvgIpc) is 2.46. The molecule has 0 unspecified atom stereocenters. The molecule has 0 saturated carbocycles. The fraction of sp³-hybridized carbons (Fsp3) is 0.300. The maximum atomic E-state index is 5.57. The Kier molecular flexibility index (Phi) is 1.61. The van der Waals surface area contributed by atoms with Crippen LogP contribution in [0.4, 0.5) is 0 Å². The highest BCUT2D eigenvalue weighted by Gasteiger charge is 2.05. The Hall–Kier alpha value is -1.31. The first kappa shape index (κ1) is 7.35. The number of furan rings is 1. The van der Waals surface area contributed by atoms with Crippen molar-refractivity contribution in [1.82, 2.24) is 4.98 Å².